The number of ether oxygens (including phenoxy) is 2. The van der Waals surface area contributed by atoms with E-state index in [-0.39, 0.29) is 22.4 Å². The van der Waals surface area contributed by atoms with Gasteiger partial charge in [-0.15, -0.1) is 11.3 Å². The number of hydrogen-bond acceptors (Lipinski definition) is 6. The topological polar surface area (TPSA) is 77.4 Å². The molecule has 4 rings (SSSR count). The Kier molecular flexibility index (Phi) is 6.08. The van der Waals surface area contributed by atoms with E-state index in [0.29, 0.717) is 17.2 Å². The van der Waals surface area contributed by atoms with Gasteiger partial charge in [0.05, 0.1) is 24.7 Å². The van der Waals surface area contributed by atoms with Crippen LogP contribution in [0.2, 0.25) is 0 Å². The summed E-state index contributed by atoms with van der Waals surface area (Å²) in [5.41, 5.74) is 0.214. The molecule has 32 heavy (non-hydrogen) atoms. The Morgan fingerprint density at radius 3 is 2.66 bits per heavy atom. The molecule has 1 amide bonds. The van der Waals surface area contributed by atoms with E-state index in [9.17, 15) is 18.0 Å². The van der Waals surface area contributed by atoms with E-state index in [1.807, 2.05) is 5.38 Å². The Balaban J connectivity index is 1.67. The molecule has 1 aliphatic heterocycles. The standard InChI is InChI=1S/C20H18BrF3N4O3S/c1-30-12-6-5-10(8-13(12)31-2)25-19(29)17-16(21)18-26-11(14-4-3-7-32-14)9-15(20(22,23)24)28(18)27-17/h3-8,11,15,26H,9H2,1-2H3,(H,25,29). The molecule has 0 radical (unpaired) electrons. The highest BCUT2D eigenvalue weighted by molar-refractivity contribution is 9.10. The fourth-order valence-corrected chi connectivity index (χ4v) is 4.86. The summed E-state index contributed by atoms with van der Waals surface area (Å²) < 4.78 is 52.9. The number of alkyl halides is 3. The highest BCUT2D eigenvalue weighted by Gasteiger charge is 2.48. The Labute approximate surface area is 193 Å². The van der Waals surface area contributed by atoms with E-state index in [1.54, 1.807) is 30.3 Å². The van der Waals surface area contributed by atoms with Crippen molar-refractivity contribution in [1.29, 1.82) is 0 Å². The quantitative estimate of drug-likeness (QED) is 0.446. The minimum atomic E-state index is -4.53. The number of aromatic nitrogens is 2. The molecule has 12 heteroatoms. The maximum atomic E-state index is 13.9. The molecule has 2 N–H and O–H groups in total. The summed E-state index contributed by atoms with van der Waals surface area (Å²) in [5.74, 6) is 0.308. The predicted molar refractivity (Wildman–Crippen MR) is 118 cm³/mol. The number of fused-ring (bicyclic) bond motifs is 1. The summed E-state index contributed by atoms with van der Waals surface area (Å²) in [7, 11) is 2.94. The van der Waals surface area contributed by atoms with Crippen LogP contribution in [0.5, 0.6) is 11.5 Å². The SMILES string of the molecule is COc1ccc(NC(=O)c2nn3c(c2Br)NC(c2cccs2)CC3C(F)(F)F)cc1OC. The lowest BCUT2D eigenvalue weighted by Gasteiger charge is -2.33. The monoisotopic (exact) mass is 530 g/mol. The van der Waals surface area contributed by atoms with Crippen LogP contribution in [0.25, 0.3) is 0 Å². The second-order valence-electron chi connectivity index (χ2n) is 6.99. The number of nitrogens with one attached hydrogen (secondary N) is 2. The lowest BCUT2D eigenvalue weighted by atomic mass is 10.0. The molecule has 170 valence electrons. The van der Waals surface area contributed by atoms with Crippen LogP contribution in [0.4, 0.5) is 24.7 Å². The number of amides is 1. The Hall–Kier alpha value is -2.73. The summed E-state index contributed by atoms with van der Waals surface area (Å²) in [6.45, 7) is 0. The van der Waals surface area contributed by atoms with Crippen molar-refractivity contribution < 1.29 is 27.4 Å². The van der Waals surface area contributed by atoms with Crippen molar-refractivity contribution >= 4 is 44.7 Å². The van der Waals surface area contributed by atoms with Gasteiger partial charge >= 0.3 is 6.18 Å². The molecule has 7 nitrogen and oxygen atoms in total. The molecular weight excluding hydrogens is 513 g/mol. The Bertz CT molecular complexity index is 1130. The molecule has 0 spiro atoms. The van der Waals surface area contributed by atoms with Gasteiger partial charge in [0.25, 0.3) is 5.91 Å². The third kappa shape index (κ3) is 4.16. The predicted octanol–water partition coefficient (Wildman–Crippen LogP) is 5.64. The zero-order chi connectivity index (χ0) is 23.0. The number of halogens is 4. The average molecular weight is 531 g/mol. The number of methoxy groups -OCH3 is 2. The largest absolute Gasteiger partial charge is 0.493 e. The number of carbonyl (C=O) groups excluding carboxylic acids is 1. The fraction of sp³-hybridized carbons (Fsp3) is 0.300. The first-order valence-corrected chi connectivity index (χ1v) is 11.1. The third-order valence-electron chi connectivity index (χ3n) is 5.04. The summed E-state index contributed by atoms with van der Waals surface area (Å²) in [5, 5.41) is 11.5. The number of anilines is 2. The molecule has 0 fully saturated rings. The molecule has 0 bridgehead atoms. The van der Waals surface area contributed by atoms with Gasteiger partial charge in [0.1, 0.15) is 5.82 Å². The lowest BCUT2D eigenvalue weighted by molar-refractivity contribution is -0.173. The maximum absolute atomic E-state index is 13.9. The van der Waals surface area contributed by atoms with E-state index in [1.165, 1.54) is 25.6 Å². The number of benzene rings is 1. The number of carbonyl (C=O) groups is 1. The van der Waals surface area contributed by atoms with Gasteiger partial charge in [0.2, 0.25) is 0 Å². The van der Waals surface area contributed by atoms with E-state index in [2.05, 4.69) is 31.7 Å². The van der Waals surface area contributed by atoms with Crippen molar-refractivity contribution in [3.63, 3.8) is 0 Å². The average Bonchev–Trinajstić information content (AvgIpc) is 3.41. The summed E-state index contributed by atoms with van der Waals surface area (Å²) in [6, 6.07) is 5.88. The molecule has 0 saturated carbocycles. The highest BCUT2D eigenvalue weighted by Crippen LogP contribution is 2.47. The number of rotatable bonds is 5. The fourth-order valence-electron chi connectivity index (χ4n) is 3.51. The van der Waals surface area contributed by atoms with Crippen molar-refractivity contribution in [3.8, 4) is 11.5 Å². The van der Waals surface area contributed by atoms with E-state index >= 15 is 0 Å². The van der Waals surface area contributed by atoms with Crippen LogP contribution < -0.4 is 20.1 Å². The van der Waals surface area contributed by atoms with Crippen molar-refractivity contribution in [2.24, 2.45) is 0 Å². The van der Waals surface area contributed by atoms with Crippen LogP contribution in [0.15, 0.2) is 40.2 Å². The molecule has 1 aliphatic rings. The van der Waals surface area contributed by atoms with Crippen LogP contribution in [0.1, 0.15) is 33.9 Å². The van der Waals surface area contributed by atoms with Crippen LogP contribution in [-0.2, 0) is 0 Å². The van der Waals surface area contributed by atoms with Gasteiger partial charge in [0, 0.05) is 23.1 Å². The highest BCUT2D eigenvalue weighted by atomic mass is 79.9. The maximum Gasteiger partial charge on any atom is 0.410 e. The van der Waals surface area contributed by atoms with Crippen LogP contribution in [0, 0.1) is 0 Å². The molecule has 1 aromatic carbocycles. The van der Waals surface area contributed by atoms with Gasteiger partial charge in [-0.2, -0.15) is 18.3 Å². The van der Waals surface area contributed by atoms with Gasteiger partial charge in [-0.3, -0.25) is 4.79 Å². The molecule has 2 atom stereocenters. The van der Waals surface area contributed by atoms with Gasteiger partial charge in [-0.05, 0) is 39.5 Å². The minimum absolute atomic E-state index is 0.106. The molecule has 3 aromatic rings. The molecule has 0 saturated heterocycles. The van der Waals surface area contributed by atoms with Gasteiger partial charge in [-0.25, -0.2) is 4.68 Å². The zero-order valence-corrected chi connectivity index (χ0v) is 19.3. The summed E-state index contributed by atoms with van der Waals surface area (Å²) in [4.78, 5) is 13.7. The number of thiophene rings is 1. The molecule has 2 unspecified atom stereocenters. The second-order valence-corrected chi connectivity index (χ2v) is 8.76. The third-order valence-corrected chi connectivity index (χ3v) is 6.78. The number of nitrogens with zero attached hydrogens (tertiary/aromatic N) is 2. The van der Waals surface area contributed by atoms with Crippen LogP contribution in [0.3, 0.4) is 0 Å². The molecule has 3 heterocycles. The van der Waals surface area contributed by atoms with E-state index < -0.39 is 24.2 Å². The van der Waals surface area contributed by atoms with Crippen molar-refractivity contribution in [2.45, 2.75) is 24.7 Å². The minimum Gasteiger partial charge on any atom is -0.493 e. The first-order valence-electron chi connectivity index (χ1n) is 9.41. The lowest BCUT2D eigenvalue weighted by Crippen LogP contribution is -2.35. The first-order chi connectivity index (χ1) is 15.2. The van der Waals surface area contributed by atoms with Crippen molar-refractivity contribution in [3.05, 3.63) is 50.8 Å². The Morgan fingerprint density at radius 1 is 1.28 bits per heavy atom. The molecular formula is C20H18BrF3N4O3S. The summed E-state index contributed by atoms with van der Waals surface area (Å²) >= 11 is 4.64. The Morgan fingerprint density at radius 2 is 2.03 bits per heavy atom. The summed E-state index contributed by atoms with van der Waals surface area (Å²) in [6.07, 6.45) is -4.77. The second kappa shape index (κ2) is 8.66. The van der Waals surface area contributed by atoms with Gasteiger partial charge < -0.3 is 20.1 Å². The zero-order valence-electron chi connectivity index (χ0n) is 16.9. The molecule has 0 aliphatic carbocycles. The first kappa shape index (κ1) is 22.5. The smallest absolute Gasteiger partial charge is 0.410 e. The molecule has 2 aromatic heterocycles. The van der Waals surface area contributed by atoms with E-state index in [4.69, 9.17) is 9.47 Å². The van der Waals surface area contributed by atoms with E-state index in [0.717, 1.165) is 9.56 Å². The van der Waals surface area contributed by atoms with Crippen LogP contribution >= 0.6 is 27.3 Å². The van der Waals surface area contributed by atoms with Gasteiger partial charge in [0.15, 0.2) is 23.2 Å². The van der Waals surface area contributed by atoms with Crippen LogP contribution in [-0.4, -0.2) is 36.1 Å². The van der Waals surface area contributed by atoms with Crippen molar-refractivity contribution in [1.82, 2.24) is 9.78 Å². The normalized spacial score (nSPS) is 17.9. The van der Waals surface area contributed by atoms with Gasteiger partial charge in [-0.1, -0.05) is 6.07 Å². The number of hydrogen-bond donors (Lipinski definition) is 2. The van der Waals surface area contributed by atoms with Crippen molar-refractivity contribution in [2.75, 3.05) is 24.9 Å².